The fraction of sp³-hybridized carbons (Fsp3) is 0.833. The molecule has 2 saturated carbocycles. The van der Waals surface area contributed by atoms with Crippen LogP contribution in [0.2, 0.25) is 0 Å². The first-order valence-electron chi connectivity index (χ1n) is 5.57. The summed E-state index contributed by atoms with van der Waals surface area (Å²) in [6.45, 7) is 6.54. The summed E-state index contributed by atoms with van der Waals surface area (Å²) in [5.41, 5.74) is 5.63. The molecule has 2 aliphatic rings. The van der Waals surface area contributed by atoms with E-state index in [0.29, 0.717) is 17.2 Å². The largest absolute Gasteiger partial charge is 0.393 e. The van der Waals surface area contributed by atoms with Crippen molar-refractivity contribution in [2.24, 2.45) is 22.0 Å². The molecule has 0 saturated heterocycles. The summed E-state index contributed by atoms with van der Waals surface area (Å²) >= 11 is 5.03. The number of carbonyl (C=O) groups is 1. The molecule has 0 unspecified atom stereocenters. The van der Waals surface area contributed by atoms with Crippen molar-refractivity contribution in [1.29, 1.82) is 0 Å². The maximum atomic E-state index is 12.1. The lowest BCUT2D eigenvalue weighted by Gasteiger charge is -2.39. The van der Waals surface area contributed by atoms with Gasteiger partial charge in [-0.1, -0.05) is 33.0 Å². The number of thiocarbonyl (C=S) groups is 1. The van der Waals surface area contributed by atoms with Gasteiger partial charge in [-0.3, -0.25) is 4.79 Å². The van der Waals surface area contributed by atoms with Crippen LogP contribution in [0, 0.1) is 16.2 Å². The van der Waals surface area contributed by atoms with Crippen LogP contribution >= 0.6 is 12.2 Å². The van der Waals surface area contributed by atoms with Gasteiger partial charge >= 0.3 is 0 Å². The van der Waals surface area contributed by atoms with Gasteiger partial charge in [-0.15, -0.1) is 0 Å². The second-order valence-electron chi connectivity index (χ2n) is 5.98. The Balaban J connectivity index is 2.44. The molecule has 2 atom stereocenters. The number of ketones is 1. The molecule has 0 aliphatic heterocycles. The molecule has 2 fully saturated rings. The molecule has 0 amide bonds. The lowest BCUT2D eigenvalue weighted by Crippen LogP contribution is -2.37. The van der Waals surface area contributed by atoms with Gasteiger partial charge in [0.1, 0.15) is 5.78 Å². The van der Waals surface area contributed by atoms with Crippen molar-refractivity contribution in [1.82, 2.24) is 0 Å². The first-order chi connectivity index (χ1) is 6.75. The highest BCUT2D eigenvalue weighted by atomic mass is 32.1. The van der Waals surface area contributed by atoms with E-state index in [0.717, 1.165) is 19.3 Å². The monoisotopic (exact) mass is 225 g/mol. The minimum atomic E-state index is -0.141. The smallest absolute Gasteiger partial charge is 0.139 e. The van der Waals surface area contributed by atoms with Crippen molar-refractivity contribution < 1.29 is 4.79 Å². The second-order valence-corrected chi connectivity index (χ2v) is 6.50. The van der Waals surface area contributed by atoms with E-state index in [1.54, 1.807) is 0 Å². The quantitative estimate of drug-likeness (QED) is 0.734. The maximum Gasteiger partial charge on any atom is 0.139 e. The summed E-state index contributed by atoms with van der Waals surface area (Å²) in [7, 11) is 0. The van der Waals surface area contributed by atoms with Gasteiger partial charge in [0.2, 0.25) is 0 Å². The molecule has 0 spiro atoms. The average molecular weight is 225 g/mol. The normalized spacial score (nSPS) is 42.2. The first kappa shape index (κ1) is 11.1. The summed E-state index contributed by atoms with van der Waals surface area (Å²) in [6.07, 6.45) is 3.51. The third-order valence-corrected chi connectivity index (χ3v) is 5.58. The molecule has 0 aromatic rings. The molecule has 2 N–H and O–H groups in total. The van der Waals surface area contributed by atoms with Gasteiger partial charge in [0.05, 0.1) is 4.99 Å². The zero-order valence-electron chi connectivity index (χ0n) is 9.72. The third-order valence-electron chi connectivity index (χ3n) is 5.44. The van der Waals surface area contributed by atoms with E-state index < -0.39 is 0 Å². The highest BCUT2D eigenvalue weighted by molar-refractivity contribution is 7.80. The van der Waals surface area contributed by atoms with Gasteiger partial charge in [0.25, 0.3) is 0 Å². The summed E-state index contributed by atoms with van der Waals surface area (Å²) in [6, 6.07) is 0. The molecule has 0 aromatic heterocycles. The average Bonchev–Trinajstić information content (AvgIpc) is 2.33. The zero-order valence-corrected chi connectivity index (χ0v) is 10.5. The Morgan fingerprint density at radius 1 is 1.40 bits per heavy atom. The van der Waals surface area contributed by atoms with E-state index in [4.69, 9.17) is 18.0 Å². The minimum absolute atomic E-state index is 0.0422. The predicted molar refractivity (Wildman–Crippen MR) is 64.6 cm³/mol. The van der Waals surface area contributed by atoms with Crippen molar-refractivity contribution in [3.63, 3.8) is 0 Å². The minimum Gasteiger partial charge on any atom is -0.393 e. The molecule has 3 heteroatoms. The van der Waals surface area contributed by atoms with Gasteiger partial charge in [0.15, 0.2) is 0 Å². The SMILES string of the molecule is CC1(C)[C@]2(CC(N)=S)CC[C@@]1(C)C(=O)C2. The van der Waals surface area contributed by atoms with Crippen LogP contribution in [-0.4, -0.2) is 10.8 Å². The van der Waals surface area contributed by atoms with Crippen LogP contribution in [0.5, 0.6) is 0 Å². The number of Topliss-reactive ketones (excluding diaryl/α,β-unsaturated/α-hetero) is 1. The van der Waals surface area contributed by atoms with E-state index >= 15 is 0 Å². The van der Waals surface area contributed by atoms with Crippen LogP contribution < -0.4 is 5.73 Å². The number of hydrogen-bond acceptors (Lipinski definition) is 2. The molecule has 0 heterocycles. The molecule has 0 aromatic carbocycles. The molecule has 2 nitrogen and oxygen atoms in total. The Morgan fingerprint density at radius 3 is 2.33 bits per heavy atom. The van der Waals surface area contributed by atoms with E-state index in [9.17, 15) is 4.79 Å². The maximum absolute atomic E-state index is 12.1. The van der Waals surface area contributed by atoms with Gasteiger partial charge in [0, 0.05) is 18.3 Å². The Kier molecular flexibility index (Phi) is 2.08. The Labute approximate surface area is 96.6 Å². The second kappa shape index (κ2) is 2.82. The Morgan fingerprint density at radius 2 is 2.00 bits per heavy atom. The van der Waals surface area contributed by atoms with Crippen molar-refractivity contribution in [3.8, 4) is 0 Å². The van der Waals surface area contributed by atoms with Gasteiger partial charge in [-0.25, -0.2) is 0 Å². The number of carbonyl (C=O) groups excluding carboxylic acids is 1. The fourth-order valence-electron chi connectivity index (χ4n) is 3.70. The van der Waals surface area contributed by atoms with Crippen LogP contribution in [-0.2, 0) is 4.79 Å². The molecular weight excluding hydrogens is 206 g/mol. The van der Waals surface area contributed by atoms with Crippen LogP contribution in [0.1, 0.15) is 46.5 Å². The lowest BCUT2D eigenvalue weighted by atomic mass is 9.64. The third kappa shape index (κ3) is 1.10. The Hall–Kier alpha value is -0.440. The van der Waals surface area contributed by atoms with Gasteiger partial charge in [-0.05, 0) is 23.7 Å². The van der Waals surface area contributed by atoms with E-state index in [1.165, 1.54) is 0 Å². The molecule has 0 radical (unpaired) electrons. The van der Waals surface area contributed by atoms with Crippen LogP contribution in [0.3, 0.4) is 0 Å². The van der Waals surface area contributed by atoms with E-state index in [1.807, 2.05) is 0 Å². The summed E-state index contributed by atoms with van der Waals surface area (Å²) < 4.78 is 0. The van der Waals surface area contributed by atoms with Crippen LogP contribution in [0.4, 0.5) is 0 Å². The molecule has 2 aliphatic carbocycles. The van der Waals surface area contributed by atoms with Crippen molar-refractivity contribution in [2.45, 2.75) is 46.5 Å². The van der Waals surface area contributed by atoms with Crippen molar-refractivity contribution >= 4 is 23.0 Å². The predicted octanol–water partition coefficient (Wildman–Crippen LogP) is 2.45. The van der Waals surface area contributed by atoms with Gasteiger partial charge < -0.3 is 5.73 Å². The van der Waals surface area contributed by atoms with Crippen LogP contribution in [0.25, 0.3) is 0 Å². The first-order valence-corrected chi connectivity index (χ1v) is 5.98. The molecule has 2 bridgehead atoms. The highest BCUT2D eigenvalue weighted by Crippen LogP contribution is 2.71. The lowest BCUT2D eigenvalue weighted by molar-refractivity contribution is -0.128. The van der Waals surface area contributed by atoms with Crippen molar-refractivity contribution in [3.05, 3.63) is 0 Å². The number of fused-ring (bicyclic) bond motifs is 2. The van der Waals surface area contributed by atoms with Crippen molar-refractivity contribution in [2.75, 3.05) is 0 Å². The van der Waals surface area contributed by atoms with Crippen LogP contribution in [0.15, 0.2) is 0 Å². The zero-order chi connectivity index (χ0) is 11.5. The number of rotatable bonds is 2. The number of nitrogens with two attached hydrogens (primary N) is 1. The van der Waals surface area contributed by atoms with E-state index in [-0.39, 0.29) is 16.2 Å². The molecule has 2 rings (SSSR count). The molecule has 15 heavy (non-hydrogen) atoms. The highest BCUT2D eigenvalue weighted by Gasteiger charge is 2.69. The molecular formula is C12H19NOS. The summed E-state index contributed by atoms with van der Waals surface area (Å²) in [5.74, 6) is 0.412. The number of hydrogen-bond donors (Lipinski definition) is 1. The van der Waals surface area contributed by atoms with Gasteiger partial charge in [-0.2, -0.15) is 0 Å². The Bertz CT molecular complexity index is 346. The topological polar surface area (TPSA) is 43.1 Å². The summed E-state index contributed by atoms with van der Waals surface area (Å²) in [5, 5.41) is 0. The van der Waals surface area contributed by atoms with E-state index in [2.05, 4.69) is 20.8 Å². The molecule has 84 valence electrons. The summed E-state index contributed by atoms with van der Waals surface area (Å²) in [4.78, 5) is 12.6. The fourth-order valence-corrected chi connectivity index (χ4v) is 3.98. The standard InChI is InChI=1S/C12H19NOS/c1-10(2)11(3)4-5-12(10,6-8(11)14)7-9(13)15/h4-7H2,1-3H3,(H2,13,15)/t11-,12+/m0/s1.